The number of thioether (sulfide) groups is 1. The first kappa shape index (κ1) is 13.3. The summed E-state index contributed by atoms with van der Waals surface area (Å²) in [5.41, 5.74) is 7.73. The van der Waals surface area contributed by atoms with Crippen molar-refractivity contribution in [1.82, 2.24) is 4.98 Å². The summed E-state index contributed by atoms with van der Waals surface area (Å²) in [7, 11) is 2.13. The molecule has 1 atom stereocenters. The van der Waals surface area contributed by atoms with Crippen molar-refractivity contribution in [1.29, 1.82) is 0 Å². The van der Waals surface area contributed by atoms with E-state index in [9.17, 15) is 0 Å². The van der Waals surface area contributed by atoms with E-state index >= 15 is 0 Å². The van der Waals surface area contributed by atoms with Gasteiger partial charge in [-0.25, -0.2) is 0 Å². The van der Waals surface area contributed by atoms with Gasteiger partial charge in [-0.2, -0.15) is 11.8 Å². The van der Waals surface area contributed by atoms with Crippen molar-refractivity contribution in [2.75, 3.05) is 24.0 Å². The van der Waals surface area contributed by atoms with E-state index in [0.717, 1.165) is 5.69 Å². The number of hydrogen-bond donors (Lipinski definition) is 1. The Kier molecular flexibility index (Phi) is 5.63. The Morgan fingerprint density at radius 1 is 1.56 bits per heavy atom. The van der Waals surface area contributed by atoms with E-state index in [4.69, 9.17) is 5.73 Å². The molecule has 2 N–H and O–H groups in total. The molecule has 1 heterocycles. The minimum Gasteiger partial charge on any atom is -0.372 e. The smallest absolute Gasteiger partial charge is 0.0560 e. The molecule has 0 spiro atoms. The number of rotatable bonds is 6. The average Bonchev–Trinajstić information content (AvgIpc) is 2.35. The van der Waals surface area contributed by atoms with Gasteiger partial charge in [0.2, 0.25) is 0 Å². The minimum absolute atomic E-state index is 0.501. The highest BCUT2D eigenvalue weighted by molar-refractivity contribution is 7.98. The van der Waals surface area contributed by atoms with Gasteiger partial charge in [0.15, 0.2) is 0 Å². The van der Waals surface area contributed by atoms with Crippen LogP contribution in [-0.2, 0) is 6.54 Å². The summed E-state index contributed by atoms with van der Waals surface area (Å²) in [5, 5.41) is 0. The summed E-state index contributed by atoms with van der Waals surface area (Å²) in [6, 6.07) is 4.64. The predicted molar refractivity (Wildman–Crippen MR) is 73.0 cm³/mol. The fraction of sp³-hybridized carbons (Fsp3) is 0.583. The SMILES string of the molecule is CSCCC(C)N(C)c1ccnc(CN)c1. The number of anilines is 1. The van der Waals surface area contributed by atoms with Crippen molar-refractivity contribution in [3.8, 4) is 0 Å². The standard InChI is InChI=1S/C12H21N3S/c1-10(5-7-16-3)15(2)12-4-6-14-11(8-12)9-13/h4,6,8,10H,5,7,9,13H2,1-3H3. The molecule has 1 unspecified atom stereocenters. The van der Waals surface area contributed by atoms with Gasteiger partial charge >= 0.3 is 0 Å². The Labute approximate surface area is 102 Å². The average molecular weight is 239 g/mol. The van der Waals surface area contributed by atoms with E-state index in [0.29, 0.717) is 12.6 Å². The number of nitrogens with zero attached hydrogens (tertiary/aromatic N) is 2. The van der Waals surface area contributed by atoms with Crippen LogP contribution < -0.4 is 10.6 Å². The van der Waals surface area contributed by atoms with Gasteiger partial charge in [-0.3, -0.25) is 4.98 Å². The first-order chi connectivity index (χ1) is 7.69. The van der Waals surface area contributed by atoms with E-state index in [1.807, 2.05) is 24.0 Å². The van der Waals surface area contributed by atoms with Gasteiger partial charge in [-0.05, 0) is 37.5 Å². The van der Waals surface area contributed by atoms with E-state index in [1.165, 1.54) is 17.9 Å². The van der Waals surface area contributed by atoms with Gasteiger partial charge < -0.3 is 10.6 Å². The number of nitrogens with two attached hydrogens (primary N) is 1. The highest BCUT2D eigenvalue weighted by Crippen LogP contribution is 2.17. The molecule has 3 nitrogen and oxygen atoms in total. The molecule has 4 heteroatoms. The summed E-state index contributed by atoms with van der Waals surface area (Å²) in [4.78, 5) is 6.49. The van der Waals surface area contributed by atoms with Crippen LogP contribution in [0.25, 0.3) is 0 Å². The third kappa shape index (κ3) is 3.68. The lowest BCUT2D eigenvalue weighted by molar-refractivity contribution is 0.668. The molecule has 0 aliphatic heterocycles. The highest BCUT2D eigenvalue weighted by atomic mass is 32.2. The second-order valence-corrected chi connectivity index (χ2v) is 4.94. The lowest BCUT2D eigenvalue weighted by Crippen LogP contribution is -2.29. The third-order valence-corrected chi connectivity index (χ3v) is 3.46. The minimum atomic E-state index is 0.501. The van der Waals surface area contributed by atoms with Gasteiger partial charge in [0.1, 0.15) is 0 Å². The van der Waals surface area contributed by atoms with Crippen LogP contribution in [0.2, 0.25) is 0 Å². The summed E-state index contributed by atoms with van der Waals surface area (Å²) >= 11 is 1.89. The van der Waals surface area contributed by atoms with Gasteiger partial charge in [0, 0.05) is 31.5 Å². The molecule has 0 fully saturated rings. The predicted octanol–water partition coefficient (Wildman–Crippen LogP) is 2.12. The molecule has 90 valence electrons. The molecule has 0 bridgehead atoms. The molecule has 0 amide bonds. The Bertz CT molecular complexity index is 317. The van der Waals surface area contributed by atoms with Crippen molar-refractivity contribution in [2.24, 2.45) is 5.73 Å². The zero-order valence-corrected chi connectivity index (χ0v) is 11.1. The third-order valence-electron chi connectivity index (χ3n) is 2.82. The normalized spacial score (nSPS) is 12.5. The van der Waals surface area contributed by atoms with Crippen LogP contribution in [0.5, 0.6) is 0 Å². The largest absolute Gasteiger partial charge is 0.372 e. The molecule has 1 aromatic rings. The maximum absolute atomic E-state index is 5.59. The fourth-order valence-electron chi connectivity index (χ4n) is 1.53. The lowest BCUT2D eigenvalue weighted by Gasteiger charge is -2.27. The second-order valence-electron chi connectivity index (χ2n) is 3.95. The van der Waals surface area contributed by atoms with Crippen molar-refractivity contribution >= 4 is 17.4 Å². The molecule has 16 heavy (non-hydrogen) atoms. The van der Waals surface area contributed by atoms with Crippen LogP contribution in [0.3, 0.4) is 0 Å². The number of pyridine rings is 1. The molecule has 0 aliphatic carbocycles. The maximum Gasteiger partial charge on any atom is 0.0560 e. The Morgan fingerprint density at radius 2 is 2.31 bits per heavy atom. The second kappa shape index (κ2) is 6.76. The van der Waals surface area contributed by atoms with Gasteiger partial charge in [0.25, 0.3) is 0 Å². The molecule has 0 aliphatic rings. The topological polar surface area (TPSA) is 42.2 Å². The molecule has 0 radical (unpaired) electrons. The Hall–Kier alpha value is -0.740. The van der Waals surface area contributed by atoms with Crippen LogP contribution in [0.1, 0.15) is 19.0 Å². The summed E-state index contributed by atoms with van der Waals surface area (Å²) in [6.07, 6.45) is 5.17. The first-order valence-corrected chi connectivity index (χ1v) is 6.95. The first-order valence-electron chi connectivity index (χ1n) is 5.55. The molecule has 1 rings (SSSR count). The summed E-state index contributed by atoms with van der Waals surface area (Å²) in [5.74, 6) is 1.19. The molecular formula is C12H21N3S. The van der Waals surface area contributed by atoms with Crippen molar-refractivity contribution in [2.45, 2.75) is 25.9 Å². The monoisotopic (exact) mass is 239 g/mol. The molecule has 0 aromatic carbocycles. The van der Waals surface area contributed by atoms with Crippen molar-refractivity contribution < 1.29 is 0 Å². The van der Waals surface area contributed by atoms with Gasteiger partial charge in [-0.1, -0.05) is 0 Å². The van der Waals surface area contributed by atoms with E-state index in [1.54, 1.807) is 0 Å². The summed E-state index contributed by atoms with van der Waals surface area (Å²) in [6.45, 7) is 2.75. The van der Waals surface area contributed by atoms with Crippen LogP contribution in [0.15, 0.2) is 18.3 Å². The van der Waals surface area contributed by atoms with Gasteiger partial charge in [-0.15, -0.1) is 0 Å². The zero-order valence-electron chi connectivity index (χ0n) is 10.3. The fourth-order valence-corrected chi connectivity index (χ4v) is 2.11. The highest BCUT2D eigenvalue weighted by Gasteiger charge is 2.09. The molecule has 1 aromatic heterocycles. The lowest BCUT2D eigenvalue weighted by atomic mass is 10.2. The quantitative estimate of drug-likeness (QED) is 0.825. The van der Waals surface area contributed by atoms with E-state index in [2.05, 4.69) is 36.2 Å². The summed E-state index contributed by atoms with van der Waals surface area (Å²) < 4.78 is 0. The zero-order chi connectivity index (χ0) is 12.0. The molecular weight excluding hydrogens is 218 g/mol. The Balaban J connectivity index is 2.67. The Morgan fingerprint density at radius 3 is 2.94 bits per heavy atom. The number of aromatic nitrogens is 1. The van der Waals surface area contributed by atoms with Crippen LogP contribution in [0, 0.1) is 0 Å². The van der Waals surface area contributed by atoms with Crippen LogP contribution >= 0.6 is 11.8 Å². The van der Waals surface area contributed by atoms with Gasteiger partial charge in [0.05, 0.1) is 5.69 Å². The number of hydrogen-bond acceptors (Lipinski definition) is 4. The van der Waals surface area contributed by atoms with Crippen molar-refractivity contribution in [3.63, 3.8) is 0 Å². The molecule has 0 saturated carbocycles. The van der Waals surface area contributed by atoms with E-state index in [-0.39, 0.29) is 0 Å². The molecule has 0 saturated heterocycles. The van der Waals surface area contributed by atoms with Crippen LogP contribution in [-0.4, -0.2) is 30.1 Å². The van der Waals surface area contributed by atoms with E-state index < -0.39 is 0 Å². The van der Waals surface area contributed by atoms with Crippen molar-refractivity contribution in [3.05, 3.63) is 24.0 Å². The van der Waals surface area contributed by atoms with Crippen LogP contribution in [0.4, 0.5) is 5.69 Å². The maximum atomic E-state index is 5.59.